The molecule has 0 saturated heterocycles. The van der Waals surface area contributed by atoms with Gasteiger partial charge in [0.1, 0.15) is 5.58 Å². The van der Waals surface area contributed by atoms with Gasteiger partial charge in [-0.2, -0.15) is 0 Å². The Bertz CT molecular complexity index is 989. The van der Waals surface area contributed by atoms with Crippen LogP contribution >= 0.6 is 0 Å². The van der Waals surface area contributed by atoms with Crippen LogP contribution in [0.5, 0.6) is 0 Å². The minimum atomic E-state index is -0.710. The van der Waals surface area contributed by atoms with Crippen LogP contribution in [0.2, 0.25) is 0 Å². The molecular weight excluding hydrogens is 336 g/mol. The van der Waals surface area contributed by atoms with E-state index in [9.17, 15) is 14.4 Å². The smallest absolute Gasteiger partial charge is 0.375 e. The van der Waals surface area contributed by atoms with Crippen molar-refractivity contribution >= 4 is 34.4 Å². The summed E-state index contributed by atoms with van der Waals surface area (Å²) in [4.78, 5) is 35.1. The summed E-state index contributed by atoms with van der Waals surface area (Å²) in [7, 11) is 0. The van der Waals surface area contributed by atoms with Crippen molar-refractivity contribution in [3.05, 3.63) is 65.4 Å². The first kappa shape index (κ1) is 17.2. The highest BCUT2D eigenvalue weighted by Gasteiger charge is 2.19. The predicted molar refractivity (Wildman–Crippen MR) is 94.8 cm³/mol. The normalized spacial score (nSPS) is 10.5. The lowest BCUT2D eigenvalue weighted by molar-refractivity contribution is -0.119. The van der Waals surface area contributed by atoms with Gasteiger partial charge < -0.3 is 20.2 Å². The fourth-order valence-corrected chi connectivity index (χ4v) is 2.48. The van der Waals surface area contributed by atoms with Crippen molar-refractivity contribution < 1.29 is 23.5 Å². The molecule has 3 rings (SSSR count). The number of hydrogen-bond acceptors (Lipinski definition) is 5. The van der Waals surface area contributed by atoms with Gasteiger partial charge in [0.25, 0.3) is 5.91 Å². The molecule has 0 bridgehead atoms. The second kappa shape index (κ2) is 7.10. The van der Waals surface area contributed by atoms with Crippen LogP contribution in [0.4, 0.5) is 5.69 Å². The van der Waals surface area contributed by atoms with E-state index in [1.165, 1.54) is 24.3 Å². The molecule has 7 heteroatoms. The van der Waals surface area contributed by atoms with Gasteiger partial charge in [0, 0.05) is 22.2 Å². The topological polar surface area (TPSA) is 112 Å². The molecule has 0 spiro atoms. The molecule has 2 aromatic carbocycles. The standard InChI is InChI=1S/C19H16N2O5/c1-11-14-4-2-3-5-15(14)26-17(11)19(24)25-10-16(22)21-13-8-6-12(7-9-13)18(20)23/h2-9H,10H2,1H3,(H2,20,23)(H,21,22). The monoisotopic (exact) mass is 352 g/mol. The minimum Gasteiger partial charge on any atom is -0.450 e. The van der Waals surface area contributed by atoms with Crippen molar-refractivity contribution in [1.29, 1.82) is 0 Å². The van der Waals surface area contributed by atoms with E-state index >= 15 is 0 Å². The molecule has 26 heavy (non-hydrogen) atoms. The summed E-state index contributed by atoms with van der Waals surface area (Å²) in [6.07, 6.45) is 0. The van der Waals surface area contributed by atoms with Crippen molar-refractivity contribution in [2.24, 2.45) is 5.73 Å². The minimum absolute atomic E-state index is 0.0739. The number of ether oxygens (including phenoxy) is 1. The zero-order valence-corrected chi connectivity index (χ0v) is 13.9. The van der Waals surface area contributed by atoms with Gasteiger partial charge in [0.05, 0.1) is 0 Å². The van der Waals surface area contributed by atoms with Crippen LogP contribution in [0.25, 0.3) is 11.0 Å². The first-order valence-corrected chi connectivity index (χ1v) is 7.80. The van der Waals surface area contributed by atoms with E-state index in [0.717, 1.165) is 5.39 Å². The number of rotatable bonds is 5. The Kier molecular flexibility index (Phi) is 4.70. The number of esters is 1. The molecule has 0 unspecified atom stereocenters. The van der Waals surface area contributed by atoms with Crippen molar-refractivity contribution in [3.63, 3.8) is 0 Å². The summed E-state index contributed by atoms with van der Waals surface area (Å²) in [5.41, 5.74) is 7.17. The molecule has 0 atom stereocenters. The Morgan fingerprint density at radius 3 is 2.42 bits per heavy atom. The van der Waals surface area contributed by atoms with E-state index in [1.54, 1.807) is 19.1 Å². The Balaban J connectivity index is 1.60. The van der Waals surface area contributed by atoms with E-state index in [-0.39, 0.29) is 5.76 Å². The highest BCUT2D eigenvalue weighted by atomic mass is 16.5. The Labute approximate surface area is 148 Å². The predicted octanol–water partition coefficient (Wildman–Crippen LogP) is 2.64. The number of furan rings is 1. The number of primary amides is 1. The number of amides is 2. The van der Waals surface area contributed by atoms with E-state index in [4.69, 9.17) is 14.9 Å². The van der Waals surface area contributed by atoms with Crippen LogP contribution in [0, 0.1) is 6.92 Å². The quantitative estimate of drug-likeness (QED) is 0.686. The molecule has 0 aliphatic rings. The highest BCUT2D eigenvalue weighted by Crippen LogP contribution is 2.25. The van der Waals surface area contributed by atoms with Gasteiger partial charge in [-0.3, -0.25) is 9.59 Å². The molecule has 0 aliphatic heterocycles. The summed E-state index contributed by atoms with van der Waals surface area (Å²) in [6, 6.07) is 13.3. The number of benzene rings is 2. The summed E-state index contributed by atoms with van der Waals surface area (Å²) in [5.74, 6) is -1.71. The Morgan fingerprint density at radius 2 is 1.77 bits per heavy atom. The second-order valence-corrected chi connectivity index (χ2v) is 5.62. The van der Waals surface area contributed by atoms with Gasteiger partial charge in [-0.05, 0) is 37.3 Å². The summed E-state index contributed by atoms with van der Waals surface area (Å²) in [6.45, 7) is 1.29. The van der Waals surface area contributed by atoms with E-state index in [1.807, 2.05) is 12.1 Å². The number of nitrogens with two attached hydrogens (primary N) is 1. The maximum Gasteiger partial charge on any atom is 0.375 e. The molecule has 0 saturated carbocycles. The molecule has 0 fully saturated rings. The summed E-state index contributed by atoms with van der Waals surface area (Å²) in [5, 5.41) is 3.38. The van der Waals surface area contributed by atoms with Crippen LogP contribution in [-0.4, -0.2) is 24.4 Å². The number of carbonyl (C=O) groups excluding carboxylic acids is 3. The number of nitrogens with one attached hydrogen (secondary N) is 1. The number of carbonyl (C=O) groups is 3. The van der Waals surface area contributed by atoms with E-state index in [0.29, 0.717) is 22.4 Å². The number of aryl methyl sites for hydroxylation is 1. The maximum absolute atomic E-state index is 12.2. The molecule has 0 radical (unpaired) electrons. The van der Waals surface area contributed by atoms with Crippen LogP contribution in [0.3, 0.4) is 0 Å². The lowest BCUT2D eigenvalue weighted by atomic mass is 10.1. The number of hydrogen-bond donors (Lipinski definition) is 2. The van der Waals surface area contributed by atoms with Gasteiger partial charge in [-0.25, -0.2) is 4.79 Å². The number of anilines is 1. The fraction of sp³-hybridized carbons (Fsp3) is 0.105. The molecule has 1 heterocycles. The lowest BCUT2D eigenvalue weighted by Crippen LogP contribution is -2.21. The van der Waals surface area contributed by atoms with Gasteiger partial charge >= 0.3 is 5.97 Å². The van der Waals surface area contributed by atoms with Crippen molar-refractivity contribution in [1.82, 2.24) is 0 Å². The van der Waals surface area contributed by atoms with Crippen LogP contribution in [0.1, 0.15) is 26.5 Å². The van der Waals surface area contributed by atoms with Gasteiger partial charge in [0.15, 0.2) is 6.61 Å². The van der Waals surface area contributed by atoms with Crippen molar-refractivity contribution in [2.45, 2.75) is 6.92 Å². The molecule has 132 valence electrons. The molecule has 2 amide bonds. The summed E-state index contributed by atoms with van der Waals surface area (Å²) < 4.78 is 10.5. The highest BCUT2D eigenvalue weighted by molar-refractivity contribution is 5.98. The largest absolute Gasteiger partial charge is 0.450 e. The third-order valence-electron chi connectivity index (χ3n) is 3.82. The molecule has 1 aromatic heterocycles. The molecule has 3 aromatic rings. The maximum atomic E-state index is 12.2. The average Bonchev–Trinajstić information content (AvgIpc) is 2.97. The lowest BCUT2D eigenvalue weighted by Gasteiger charge is -2.06. The van der Waals surface area contributed by atoms with Crippen molar-refractivity contribution in [3.8, 4) is 0 Å². The molecular formula is C19H16N2O5. The van der Waals surface area contributed by atoms with Gasteiger partial charge in [0.2, 0.25) is 11.7 Å². The number of para-hydroxylation sites is 1. The zero-order chi connectivity index (χ0) is 18.7. The third kappa shape index (κ3) is 3.56. The van der Waals surface area contributed by atoms with E-state index < -0.39 is 24.4 Å². The summed E-state index contributed by atoms with van der Waals surface area (Å²) >= 11 is 0. The molecule has 3 N–H and O–H groups in total. The van der Waals surface area contributed by atoms with Gasteiger partial charge in [-0.1, -0.05) is 18.2 Å². The third-order valence-corrected chi connectivity index (χ3v) is 3.82. The zero-order valence-electron chi connectivity index (χ0n) is 13.9. The second-order valence-electron chi connectivity index (χ2n) is 5.62. The first-order chi connectivity index (χ1) is 12.5. The van der Waals surface area contributed by atoms with Crippen LogP contribution < -0.4 is 11.1 Å². The average molecular weight is 352 g/mol. The Morgan fingerprint density at radius 1 is 1.08 bits per heavy atom. The van der Waals surface area contributed by atoms with Crippen molar-refractivity contribution in [2.75, 3.05) is 11.9 Å². The number of fused-ring (bicyclic) bond motifs is 1. The SMILES string of the molecule is Cc1c(C(=O)OCC(=O)Nc2ccc(C(N)=O)cc2)oc2ccccc12. The van der Waals surface area contributed by atoms with Crippen LogP contribution in [0.15, 0.2) is 52.9 Å². The van der Waals surface area contributed by atoms with Gasteiger partial charge in [-0.15, -0.1) is 0 Å². The first-order valence-electron chi connectivity index (χ1n) is 7.80. The van der Waals surface area contributed by atoms with E-state index in [2.05, 4.69) is 5.32 Å². The molecule has 0 aliphatic carbocycles. The molecule has 7 nitrogen and oxygen atoms in total. The fourth-order valence-electron chi connectivity index (χ4n) is 2.48. The van der Waals surface area contributed by atoms with Crippen LogP contribution in [-0.2, 0) is 9.53 Å². The Hall–Kier alpha value is -3.61.